The molecule has 1 aromatic carbocycles. The standard InChI is InChI=1S/C15H21NO/c1-12-4-3-5-14(16-12)9-6-13-7-10-15(17-2)11-8-13/h6-12,14,16H,3-5H2,1-2H3/b9-6+. The number of piperidine rings is 1. The molecule has 2 heteroatoms. The van der Waals surface area contributed by atoms with Gasteiger partial charge in [-0.15, -0.1) is 0 Å². The van der Waals surface area contributed by atoms with Gasteiger partial charge in [-0.1, -0.05) is 30.7 Å². The van der Waals surface area contributed by atoms with Crippen LogP contribution >= 0.6 is 0 Å². The molecule has 92 valence electrons. The molecule has 1 saturated heterocycles. The van der Waals surface area contributed by atoms with Crippen LogP contribution in [0.3, 0.4) is 0 Å². The minimum absolute atomic E-state index is 0.529. The van der Waals surface area contributed by atoms with Gasteiger partial charge in [0.05, 0.1) is 7.11 Å². The second-order valence-electron chi connectivity index (χ2n) is 4.74. The van der Waals surface area contributed by atoms with Gasteiger partial charge in [-0.05, 0) is 37.5 Å². The molecule has 1 aliphatic heterocycles. The molecule has 0 spiro atoms. The first-order valence-corrected chi connectivity index (χ1v) is 6.36. The topological polar surface area (TPSA) is 21.3 Å². The van der Waals surface area contributed by atoms with E-state index in [9.17, 15) is 0 Å². The summed E-state index contributed by atoms with van der Waals surface area (Å²) in [6.07, 6.45) is 8.34. The van der Waals surface area contributed by atoms with Crippen molar-refractivity contribution in [1.29, 1.82) is 0 Å². The second kappa shape index (κ2) is 5.87. The maximum atomic E-state index is 5.14. The Hall–Kier alpha value is -1.28. The van der Waals surface area contributed by atoms with Crippen LogP contribution in [0.1, 0.15) is 31.7 Å². The van der Waals surface area contributed by atoms with Crippen molar-refractivity contribution in [3.05, 3.63) is 35.9 Å². The zero-order valence-electron chi connectivity index (χ0n) is 10.6. The predicted molar refractivity (Wildman–Crippen MR) is 72.3 cm³/mol. The van der Waals surface area contributed by atoms with Crippen LogP contribution in [0.2, 0.25) is 0 Å². The van der Waals surface area contributed by atoms with Gasteiger partial charge in [-0.2, -0.15) is 0 Å². The fourth-order valence-electron chi connectivity index (χ4n) is 2.27. The lowest BCUT2D eigenvalue weighted by Crippen LogP contribution is -2.39. The lowest BCUT2D eigenvalue weighted by Gasteiger charge is -2.26. The molecular weight excluding hydrogens is 210 g/mol. The summed E-state index contributed by atoms with van der Waals surface area (Å²) < 4.78 is 5.14. The molecule has 1 fully saturated rings. The van der Waals surface area contributed by atoms with Crippen LogP contribution in [0.4, 0.5) is 0 Å². The maximum absolute atomic E-state index is 5.14. The summed E-state index contributed by atoms with van der Waals surface area (Å²) in [6, 6.07) is 9.34. The molecule has 2 atom stereocenters. The van der Waals surface area contributed by atoms with Crippen molar-refractivity contribution in [2.45, 2.75) is 38.3 Å². The maximum Gasteiger partial charge on any atom is 0.118 e. The third-order valence-electron chi connectivity index (χ3n) is 3.29. The number of hydrogen-bond donors (Lipinski definition) is 1. The highest BCUT2D eigenvalue weighted by Gasteiger charge is 2.14. The van der Waals surface area contributed by atoms with Crippen molar-refractivity contribution in [2.24, 2.45) is 0 Å². The van der Waals surface area contributed by atoms with E-state index in [-0.39, 0.29) is 0 Å². The van der Waals surface area contributed by atoms with Crippen LogP contribution < -0.4 is 10.1 Å². The molecule has 0 aliphatic carbocycles. The molecule has 2 rings (SSSR count). The molecule has 0 bridgehead atoms. The van der Waals surface area contributed by atoms with Gasteiger partial charge in [0, 0.05) is 12.1 Å². The van der Waals surface area contributed by atoms with E-state index in [0.29, 0.717) is 12.1 Å². The number of hydrogen-bond acceptors (Lipinski definition) is 2. The van der Waals surface area contributed by atoms with E-state index < -0.39 is 0 Å². The molecule has 1 heterocycles. The highest BCUT2D eigenvalue weighted by atomic mass is 16.5. The molecule has 1 aromatic rings. The number of nitrogens with one attached hydrogen (secondary N) is 1. The monoisotopic (exact) mass is 231 g/mol. The summed E-state index contributed by atoms with van der Waals surface area (Å²) in [5.41, 5.74) is 1.23. The van der Waals surface area contributed by atoms with Crippen molar-refractivity contribution in [1.82, 2.24) is 5.32 Å². The zero-order chi connectivity index (χ0) is 12.1. The third kappa shape index (κ3) is 3.60. The van der Waals surface area contributed by atoms with Gasteiger partial charge in [0.15, 0.2) is 0 Å². The quantitative estimate of drug-likeness (QED) is 0.862. The molecule has 17 heavy (non-hydrogen) atoms. The molecule has 0 radical (unpaired) electrons. The number of benzene rings is 1. The van der Waals surface area contributed by atoms with E-state index in [4.69, 9.17) is 4.74 Å². The first-order chi connectivity index (χ1) is 8.28. The SMILES string of the molecule is COc1ccc(/C=C/C2CCCC(C)N2)cc1. The fraction of sp³-hybridized carbons (Fsp3) is 0.467. The Balaban J connectivity index is 1.94. The Labute approximate surface area is 104 Å². The van der Waals surface area contributed by atoms with E-state index >= 15 is 0 Å². The first kappa shape index (κ1) is 12.2. The van der Waals surface area contributed by atoms with Crippen molar-refractivity contribution < 1.29 is 4.74 Å². The van der Waals surface area contributed by atoms with Crippen molar-refractivity contribution in [3.8, 4) is 5.75 Å². The molecule has 0 aromatic heterocycles. The summed E-state index contributed by atoms with van der Waals surface area (Å²) in [6.45, 7) is 2.26. The van der Waals surface area contributed by atoms with Crippen LogP contribution in [0, 0.1) is 0 Å². The van der Waals surface area contributed by atoms with Crippen molar-refractivity contribution >= 4 is 6.08 Å². The van der Waals surface area contributed by atoms with Gasteiger partial charge in [-0.3, -0.25) is 0 Å². The van der Waals surface area contributed by atoms with Crippen LogP contribution in [0.15, 0.2) is 30.3 Å². The Kier molecular flexibility index (Phi) is 4.21. The first-order valence-electron chi connectivity index (χ1n) is 6.36. The minimum atomic E-state index is 0.529. The van der Waals surface area contributed by atoms with Gasteiger partial charge >= 0.3 is 0 Å². The highest BCUT2D eigenvalue weighted by molar-refractivity contribution is 5.51. The van der Waals surface area contributed by atoms with Crippen LogP contribution in [-0.4, -0.2) is 19.2 Å². The molecule has 0 amide bonds. The zero-order valence-corrected chi connectivity index (χ0v) is 10.6. The minimum Gasteiger partial charge on any atom is -0.497 e. The summed E-state index contributed by atoms with van der Waals surface area (Å²) in [4.78, 5) is 0. The summed E-state index contributed by atoms with van der Waals surface area (Å²) >= 11 is 0. The Morgan fingerprint density at radius 1 is 1.24 bits per heavy atom. The van der Waals surface area contributed by atoms with Crippen LogP contribution in [0.25, 0.3) is 6.08 Å². The molecule has 1 N–H and O–H groups in total. The van der Waals surface area contributed by atoms with E-state index in [0.717, 1.165) is 5.75 Å². The summed E-state index contributed by atoms with van der Waals surface area (Å²) in [5, 5.41) is 3.60. The molecule has 1 aliphatic rings. The van der Waals surface area contributed by atoms with E-state index in [2.05, 4.69) is 36.5 Å². The smallest absolute Gasteiger partial charge is 0.118 e. The van der Waals surface area contributed by atoms with Crippen LogP contribution in [0.5, 0.6) is 5.75 Å². The van der Waals surface area contributed by atoms with E-state index in [1.165, 1.54) is 24.8 Å². The summed E-state index contributed by atoms with van der Waals surface area (Å²) in [5.74, 6) is 0.909. The largest absolute Gasteiger partial charge is 0.497 e. The molecule has 2 unspecified atom stereocenters. The van der Waals surface area contributed by atoms with Gasteiger partial charge in [0.1, 0.15) is 5.75 Å². The van der Waals surface area contributed by atoms with Gasteiger partial charge < -0.3 is 10.1 Å². The fourth-order valence-corrected chi connectivity index (χ4v) is 2.27. The van der Waals surface area contributed by atoms with Gasteiger partial charge in [-0.25, -0.2) is 0 Å². The van der Waals surface area contributed by atoms with E-state index in [1.54, 1.807) is 7.11 Å². The second-order valence-corrected chi connectivity index (χ2v) is 4.74. The summed E-state index contributed by atoms with van der Waals surface area (Å²) in [7, 11) is 1.69. The van der Waals surface area contributed by atoms with Crippen LogP contribution in [-0.2, 0) is 0 Å². The highest BCUT2D eigenvalue weighted by Crippen LogP contribution is 2.16. The molecule has 2 nitrogen and oxygen atoms in total. The van der Waals surface area contributed by atoms with Crippen molar-refractivity contribution in [3.63, 3.8) is 0 Å². The third-order valence-corrected chi connectivity index (χ3v) is 3.29. The normalized spacial score (nSPS) is 25.1. The predicted octanol–water partition coefficient (Wildman–Crippen LogP) is 3.24. The average Bonchev–Trinajstić information content (AvgIpc) is 2.37. The number of rotatable bonds is 3. The number of methoxy groups -OCH3 is 1. The number of ether oxygens (including phenoxy) is 1. The van der Waals surface area contributed by atoms with Crippen molar-refractivity contribution in [2.75, 3.05) is 7.11 Å². The van der Waals surface area contributed by atoms with Gasteiger partial charge in [0.25, 0.3) is 0 Å². The average molecular weight is 231 g/mol. The lowest BCUT2D eigenvalue weighted by atomic mass is 9.99. The molecular formula is C15H21NO. The molecule has 0 saturated carbocycles. The Morgan fingerprint density at radius 2 is 2.00 bits per heavy atom. The van der Waals surface area contributed by atoms with Gasteiger partial charge in [0.2, 0.25) is 0 Å². The Morgan fingerprint density at radius 3 is 2.65 bits per heavy atom. The lowest BCUT2D eigenvalue weighted by molar-refractivity contribution is 0.375. The van der Waals surface area contributed by atoms with E-state index in [1.807, 2.05) is 12.1 Å². The Bertz CT molecular complexity index is 369.